The van der Waals surface area contributed by atoms with Gasteiger partial charge in [0, 0.05) is 18.2 Å². The Morgan fingerprint density at radius 2 is 2.00 bits per heavy atom. The summed E-state index contributed by atoms with van der Waals surface area (Å²) in [6, 6.07) is 13.7. The number of non-ortho nitro benzene ring substituents is 1. The molecule has 10 heteroatoms. The second-order valence-electron chi connectivity index (χ2n) is 5.90. The first-order chi connectivity index (χ1) is 14.0. The monoisotopic (exact) mass is 413 g/mol. The van der Waals surface area contributed by atoms with E-state index in [2.05, 4.69) is 15.5 Å². The van der Waals surface area contributed by atoms with Gasteiger partial charge in [-0.15, -0.1) is 10.2 Å². The van der Waals surface area contributed by atoms with Gasteiger partial charge in [0.1, 0.15) is 5.75 Å². The van der Waals surface area contributed by atoms with Crippen molar-refractivity contribution >= 4 is 29.0 Å². The summed E-state index contributed by atoms with van der Waals surface area (Å²) < 4.78 is 7.08. The van der Waals surface area contributed by atoms with Crippen molar-refractivity contribution in [3.8, 4) is 17.1 Å². The Kier molecular flexibility index (Phi) is 6.45. The van der Waals surface area contributed by atoms with Crippen LogP contribution in [-0.4, -0.2) is 38.5 Å². The van der Waals surface area contributed by atoms with Gasteiger partial charge in [-0.1, -0.05) is 42.1 Å². The van der Waals surface area contributed by atoms with Crippen LogP contribution in [0.25, 0.3) is 11.4 Å². The standard InChI is InChI=1S/C19H19N5O4S/c1-3-23-18(13-7-5-4-6-8-13)21-22-19(23)29-12-17(25)20-15-10-9-14(24(26)27)11-16(15)28-2/h4-11H,3,12H2,1-2H3,(H,20,25). The Balaban J connectivity index is 1.69. The van der Waals surface area contributed by atoms with E-state index in [1.165, 1.54) is 37.1 Å². The number of hydrogen-bond donors (Lipinski definition) is 1. The molecule has 0 atom stereocenters. The molecule has 1 amide bonds. The van der Waals surface area contributed by atoms with Gasteiger partial charge in [-0.05, 0) is 13.0 Å². The molecule has 3 rings (SSSR count). The van der Waals surface area contributed by atoms with Crippen molar-refractivity contribution in [3.05, 3.63) is 58.6 Å². The second kappa shape index (κ2) is 9.20. The van der Waals surface area contributed by atoms with Gasteiger partial charge in [0.2, 0.25) is 5.91 Å². The predicted molar refractivity (Wildman–Crippen MR) is 110 cm³/mol. The van der Waals surface area contributed by atoms with Crippen LogP contribution in [0, 0.1) is 10.1 Å². The van der Waals surface area contributed by atoms with E-state index in [1.54, 1.807) is 0 Å². The van der Waals surface area contributed by atoms with Crippen LogP contribution >= 0.6 is 11.8 Å². The number of rotatable bonds is 8. The number of anilines is 1. The number of nitrogens with zero attached hydrogens (tertiary/aromatic N) is 4. The molecule has 1 aromatic heterocycles. The molecule has 0 saturated carbocycles. The fourth-order valence-electron chi connectivity index (χ4n) is 2.69. The number of hydrogen-bond acceptors (Lipinski definition) is 7. The minimum Gasteiger partial charge on any atom is -0.494 e. The fraction of sp³-hybridized carbons (Fsp3) is 0.211. The summed E-state index contributed by atoms with van der Waals surface area (Å²) >= 11 is 1.26. The highest BCUT2D eigenvalue weighted by molar-refractivity contribution is 7.99. The Morgan fingerprint density at radius 1 is 1.24 bits per heavy atom. The van der Waals surface area contributed by atoms with E-state index in [4.69, 9.17) is 4.74 Å². The molecule has 0 radical (unpaired) electrons. The van der Waals surface area contributed by atoms with Crippen LogP contribution in [0.1, 0.15) is 6.92 Å². The summed E-state index contributed by atoms with van der Waals surface area (Å²) in [5.74, 6) is 0.787. The summed E-state index contributed by atoms with van der Waals surface area (Å²) in [6.45, 7) is 2.65. The van der Waals surface area contributed by atoms with Gasteiger partial charge in [0.25, 0.3) is 5.69 Å². The first-order valence-electron chi connectivity index (χ1n) is 8.77. The molecule has 1 heterocycles. The Hall–Kier alpha value is -3.40. The van der Waals surface area contributed by atoms with E-state index < -0.39 is 4.92 Å². The first-order valence-corrected chi connectivity index (χ1v) is 9.75. The third kappa shape index (κ3) is 4.72. The number of nitrogens with one attached hydrogen (secondary N) is 1. The third-order valence-corrected chi connectivity index (χ3v) is 5.03. The lowest BCUT2D eigenvalue weighted by atomic mass is 10.2. The van der Waals surface area contributed by atoms with Crippen molar-refractivity contribution < 1.29 is 14.5 Å². The van der Waals surface area contributed by atoms with Crippen LogP contribution in [0.15, 0.2) is 53.7 Å². The molecule has 0 bridgehead atoms. The van der Waals surface area contributed by atoms with E-state index in [1.807, 2.05) is 41.8 Å². The summed E-state index contributed by atoms with van der Waals surface area (Å²) in [4.78, 5) is 22.7. The topological polar surface area (TPSA) is 112 Å². The summed E-state index contributed by atoms with van der Waals surface area (Å²) in [6.07, 6.45) is 0. The average molecular weight is 413 g/mol. The molecule has 0 aliphatic heterocycles. The van der Waals surface area contributed by atoms with Crippen molar-refractivity contribution in [1.29, 1.82) is 0 Å². The maximum absolute atomic E-state index is 12.4. The smallest absolute Gasteiger partial charge is 0.273 e. The molecule has 1 N–H and O–H groups in total. The highest BCUT2D eigenvalue weighted by Gasteiger charge is 2.16. The summed E-state index contributed by atoms with van der Waals surface area (Å²) in [7, 11) is 1.39. The number of nitro groups is 1. The van der Waals surface area contributed by atoms with Crippen molar-refractivity contribution in [2.75, 3.05) is 18.2 Å². The zero-order valence-corrected chi connectivity index (χ0v) is 16.7. The molecule has 0 spiro atoms. The van der Waals surface area contributed by atoms with Crippen LogP contribution in [0.5, 0.6) is 5.75 Å². The van der Waals surface area contributed by atoms with Gasteiger partial charge in [-0.25, -0.2) is 0 Å². The lowest BCUT2D eigenvalue weighted by Gasteiger charge is -2.10. The molecule has 3 aromatic rings. The molecule has 0 aliphatic rings. The van der Waals surface area contributed by atoms with Crippen molar-refractivity contribution in [3.63, 3.8) is 0 Å². The number of methoxy groups -OCH3 is 1. The highest BCUT2D eigenvalue weighted by atomic mass is 32.2. The van der Waals surface area contributed by atoms with Crippen LogP contribution < -0.4 is 10.1 Å². The first kappa shape index (κ1) is 20.3. The molecule has 0 aliphatic carbocycles. The predicted octanol–water partition coefficient (Wildman–Crippen LogP) is 3.61. The number of thioether (sulfide) groups is 1. The zero-order chi connectivity index (χ0) is 20.8. The average Bonchev–Trinajstić information content (AvgIpc) is 3.16. The summed E-state index contributed by atoms with van der Waals surface area (Å²) in [5.41, 5.74) is 1.21. The number of aromatic nitrogens is 3. The Bertz CT molecular complexity index is 1020. The number of amides is 1. The molecule has 2 aromatic carbocycles. The number of benzene rings is 2. The molecule has 150 valence electrons. The van der Waals surface area contributed by atoms with E-state index in [0.29, 0.717) is 17.4 Å². The van der Waals surface area contributed by atoms with E-state index in [0.717, 1.165) is 11.4 Å². The quantitative estimate of drug-likeness (QED) is 0.341. The number of ether oxygens (including phenoxy) is 1. The minimum absolute atomic E-state index is 0.104. The third-order valence-electron chi connectivity index (χ3n) is 4.07. The SMILES string of the molecule is CCn1c(SCC(=O)Nc2ccc([N+](=O)[O-])cc2OC)nnc1-c1ccccc1. The van der Waals surface area contributed by atoms with Crippen LogP contribution in [0.2, 0.25) is 0 Å². The van der Waals surface area contributed by atoms with E-state index in [-0.39, 0.29) is 23.1 Å². The number of carbonyl (C=O) groups excluding carboxylic acids is 1. The van der Waals surface area contributed by atoms with Crippen molar-refractivity contribution in [2.45, 2.75) is 18.6 Å². The molecular formula is C19H19N5O4S. The number of carbonyl (C=O) groups is 1. The molecule has 0 fully saturated rings. The molecule has 0 saturated heterocycles. The molecule has 9 nitrogen and oxygen atoms in total. The Morgan fingerprint density at radius 3 is 2.66 bits per heavy atom. The van der Waals surface area contributed by atoms with Gasteiger partial charge in [0.15, 0.2) is 11.0 Å². The van der Waals surface area contributed by atoms with Crippen LogP contribution in [-0.2, 0) is 11.3 Å². The molecular weight excluding hydrogens is 394 g/mol. The maximum atomic E-state index is 12.4. The second-order valence-corrected chi connectivity index (χ2v) is 6.84. The lowest BCUT2D eigenvalue weighted by Crippen LogP contribution is -2.15. The highest BCUT2D eigenvalue weighted by Crippen LogP contribution is 2.29. The summed E-state index contributed by atoms with van der Waals surface area (Å²) in [5, 5.41) is 22.7. The van der Waals surface area contributed by atoms with Crippen LogP contribution in [0.4, 0.5) is 11.4 Å². The maximum Gasteiger partial charge on any atom is 0.273 e. The normalized spacial score (nSPS) is 10.6. The van der Waals surface area contributed by atoms with Crippen molar-refractivity contribution in [1.82, 2.24) is 14.8 Å². The van der Waals surface area contributed by atoms with Crippen LogP contribution in [0.3, 0.4) is 0 Å². The van der Waals surface area contributed by atoms with Crippen molar-refractivity contribution in [2.24, 2.45) is 0 Å². The van der Waals surface area contributed by atoms with Gasteiger partial charge < -0.3 is 14.6 Å². The largest absolute Gasteiger partial charge is 0.494 e. The Labute approximate surface area is 171 Å². The molecule has 29 heavy (non-hydrogen) atoms. The van der Waals surface area contributed by atoms with Gasteiger partial charge in [0.05, 0.1) is 29.5 Å². The number of nitro benzene ring substituents is 1. The van der Waals surface area contributed by atoms with Gasteiger partial charge >= 0.3 is 0 Å². The lowest BCUT2D eigenvalue weighted by molar-refractivity contribution is -0.384. The van der Waals surface area contributed by atoms with E-state index in [9.17, 15) is 14.9 Å². The minimum atomic E-state index is -0.522. The molecule has 0 unspecified atom stereocenters. The van der Waals surface area contributed by atoms with E-state index >= 15 is 0 Å². The van der Waals surface area contributed by atoms with Gasteiger partial charge in [-0.2, -0.15) is 0 Å². The van der Waals surface area contributed by atoms with Gasteiger partial charge in [-0.3, -0.25) is 14.9 Å². The zero-order valence-electron chi connectivity index (χ0n) is 15.9. The fourth-order valence-corrected chi connectivity index (χ4v) is 3.50.